The fraction of sp³-hybridized carbons (Fsp3) is 0.0789. The van der Waals surface area contributed by atoms with E-state index in [0.717, 1.165) is 44.9 Å². The van der Waals surface area contributed by atoms with Crippen molar-refractivity contribution in [3.8, 4) is 78.4 Å². The van der Waals surface area contributed by atoms with Crippen LogP contribution in [-0.2, 0) is 10.8 Å². The van der Waals surface area contributed by atoms with Crippen LogP contribution in [0.15, 0.2) is 255 Å². The summed E-state index contributed by atoms with van der Waals surface area (Å²) >= 11 is 0. The number of nitrogens with zero attached hydrogens (tertiary/aromatic N) is 2. The summed E-state index contributed by atoms with van der Waals surface area (Å²) in [6.07, 6.45) is 0. The average Bonchev–Trinajstić information content (AvgIpc) is 4.21. The lowest BCUT2D eigenvalue weighted by Crippen LogP contribution is -2.15. The van der Waals surface area contributed by atoms with Gasteiger partial charge in [0.2, 0.25) is 0 Å². The molecule has 2 aliphatic carbocycles. The molecular weight excluding hydrogens is 941 g/mol. The second-order valence-corrected chi connectivity index (χ2v) is 22.8. The number of fused-ring (bicyclic) bond motifs is 13. The van der Waals surface area contributed by atoms with Crippen LogP contribution in [0.2, 0.25) is 0 Å². The lowest BCUT2D eigenvalue weighted by Gasteiger charge is -2.22. The van der Waals surface area contributed by atoms with Crippen molar-refractivity contribution in [2.45, 2.75) is 38.5 Å². The Hall–Kier alpha value is -9.50. The first-order valence-electron chi connectivity index (χ1n) is 27.5. The van der Waals surface area contributed by atoms with E-state index in [9.17, 15) is 0 Å². The van der Waals surface area contributed by atoms with E-state index in [2.05, 4.69) is 292 Å². The predicted molar refractivity (Wildman–Crippen MR) is 329 cm³/mol. The van der Waals surface area contributed by atoms with Gasteiger partial charge in [0.1, 0.15) is 0 Å². The van der Waals surface area contributed by atoms with Crippen LogP contribution in [0, 0.1) is 0 Å². The number of hydrogen-bond donors (Lipinski definition) is 0. The highest BCUT2D eigenvalue weighted by molar-refractivity contribution is 6.15. The molecule has 2 aliphatic rings. The van der Waals surface area contributed by atoms with E-state index in [1.165, 1.54) is 110 Å². The highest BCUT2D eigenvalue weighted by atomic mass is 15.1. The van der Waals surface area contributed by atoms with Crippen molar-refractivity contribution in [3.05, 3.63) is 277 Å². The summed E-state index contributed by atoms with van der Waals surface area (Å²) in [5.41, 5.74) is 24.5. The van der Waals surface area contributed by atoms with E-state index < -0.39 is 0 Å². The minimum Gasteiger partial charge on any atom is -0.308 e. The van der Waals surface area contributed by atoms with E-state index in [-0.39, 0.29) is 10.8 Å². The molecule has 0 radical (unpaired) electrons. The van der Waals surface area contributed by atoms with Gasteiger partial charge < -0.3 is 9.13 Å². The summed E-state index contributed by atoms with van der Waals surface area (Å²) in [7, 11) is 0. The molecule has 2 nitrogen and oxygen atoms in total. The van der Waals surface area contributed by atoms with Crippen molar-refractivity contribution in [1.82, 2.24) is 9.13 Å². The largest absolute Gasteiger partial charge is 0.308 e. The topological polar surface area (TPSA) is 9.86 Å². The molecule has 12 aromatic carbocycles. The third-order valence-electron chi connectivity index (χ3n) is 17.9. The molecule has 0 aliphatic heterocycles. The molecule has 0 unspecified atom stereocenters. The van der Waals surface area contributed by atoms with Gasteiger partial charge in [-0.1, -0.05) is 234 Å². The predicted octanol–water partition coefficient (Wildman–Crippen LogP) is 20.3. The molecule has 0 spiro atoms. The summed E-state index contributed by atoms with van der Waals surface area (Å²) in [6, 6.07) is 95.9. The van der Waals surface area contributed by atoms with Gasteiger partial charge in [-0.3, -0.25) is 0 Å². The van der Waals surface area contributed by atoms with Crippen molar-refractivity contribution < 1.29 is 0 Å². The summed E-state index contributed by atoms with van der Waals surface area (Å²) in [6.45, 7) is 9.54. The first kappa shape index (κ1) is 44.8. The first-order chi connectivity index (χ1) is 38.2. The number of rotatable bonds is 6. The van der Waals surface area contributed by atoms with Crippen molar-refractivity contribution >= 4 is 54.1 Å². The molecule has 16 rings (SSSR count). The molecule has 0 saturated carbocycles. The Morgan fingerprint density at radius 2 is 0.577 bits per heavy atom. The highest BCUT2D eigenvalue weighted by Crippen LogP contribution is 2.52. The van der Waals surface area contributed by atoms with Gasteiger partial charge in [0, 0.05) is 22.2 Å². The maximum absolute atomic E-state index is 2.54. The Labute approximate surface area is 454 Å². The van der Waals surface area contributed by atoms with Crippen molar-refractivity contribution in [2.24, 2.45) is 0 Å². The van der Waals surface area contributed by atoms with Crippen LogP contribution in [0.4, 0.5) is 0 Å². The van der Waals surface area contributed by atoms with Crippen molar-refractivity contribution in [2.75, 3.05) is 0 Å². The maximum Gasteiger partial charge on any atom is 0.0724 e. The van der Waals surface area contributed by atoms with Crippen LogP contribution in [-0.4, -0.2) is 9.13 Å². The van der Waals surface area contributed by atoms with Gasteiger partial charge in [-0.15, -0.1) is 0 Å². The second kappa shape index (κ2) is 16.5. The van der Waals surface area contributed by atoms with Crippen LogP contribution in [0.3, 0.4) is 0 Å². The zero-order chi connectivity index (χ0) is 52.0. The molecule has 14 aromatic rings. The molecular formula is C76H54N2. The van der Waals surface area contributed by atoms with E-state index in [4.69, 9.17) is 0 Å². The molecule has 0 N–H and O–H groups in total. The smallest absolute Gasteiger partial charge is 0.0724 e. The van der Waals surface area contributed by atoms with Crippen LogP contribution < -0.4 is 0 Å². The molecule has 2 aromatic heterocycles. The summed E-state index contributed by atoms with van der Waals surface area (Å²) < 4.78 is 5.08. The molecule has 2 heteroatoms. The third kappa shape index (κ3) is 6.44. The van der Waals surface area contributed by atoms with Crippen LogP contribution >= 0.6 is 0 Å². The van der Waals surface area contributed by atoms with E-state index in [0.29, 0.717) is 0 Å². The molecule has 0 amide bonds. The highest BCUT2D eigenvalue weighted by Gasteiger charge is 2.37. The van der Waals surface area contributed by atoms with Gasteiger partial charge in [-0.25, -0.2) is 0 Å². The van der Waals surface area contributed by atoms with Crippen LogP contribution in [0.5, 0.6) is 0 Å². The van der Waals surface area contributed by atoms with Gasteiger partial charge in [0.25, 0.3) is 0 Å². The summed E-state index contributed by atoms with van der Waals surface area (Å²) in [4.78, 5) is 0. The normalized spacial score (nSPS) is 13.8. The molecule has 0 atom stereocenters. The van der Waals surface area contributed by atoms with Crippen LogP contribution in [0.1, 0.15) is 49.9 Å². The Morgan fingerprint density at radius 1 is 0.244 bits per heavy atom. The average molecular weight is 995 g/mol. The quantitative estimate of drug-likeness (QED) is 0.147. The van der Waals surface area contributed by atoms with Gasteiger partial charge in [0.05, 0.1) is 22.4 Å². The number of hydrogen-bond acceptors (Lipinski definition) is 0. The van der Waals surface area contributed by atoms with E-state index in [1.54, 1.807) is 0 Å². The Bertz CT molecular complexity index is 4520. The fourth-order valence-electron chi connectivity index (χ4n) is 14.0. The number of benzene rings is 12. The fourth-order valence-corrected chi connectivity index (χ4v) is 14.0. The van der Waals surface area contributed by atoms with Crippen molar-refractivity contribution in [1.29, 1.82) is 0 Å². The Kier molecular flexibility index (Phi) is 9.47. The standard InChI is InChI=1S/C76H54N2/c1-75(2)67-27-15-13-25-61(67)63-39-37-53(43-69(63)75)77-71(49-33-29-47(30-34-49)65-41-51-17-5-7-19-55(51)57-21-9-11-23-59(57)65)45-74-73(77)46-72(78(74)54-38-40-64-62-26-14-16-28-68(62)76(3,4)70(64)44-54)50-35-31-48(32-36-50)66-42-52-18-6-8-20-56(52)58-22-10-12-24-60(58)66/h5-46H,1-4H3. The molecule has 0 bridgehead atoms. The zero-order valence-corrected chi connectivity index (χ0v) is 44.1. The third-order valence-corrected chi connectivity index (χ3v) is 17.9. The minimum atomic E-state index is -0.164. The molecule has 78 heavy (non-hydrogen) atoms. The van der Waals surface area contributed by atoms with Gasteiger partial charge >= 0.3 is 0 Å². The second-order valence-electron chi connectivity index (χ2n) is 22.8. The lowest BCUT2D eigenvalue weighted by molar-refractivity contribution is 0.659. The molecule has 368 valence electrons. The van der Waals surface area contributed by atoms with E-state index >= 15 is 0 Å². The Balaban J connectivity index is 0.925. The SMILES string of the molecule is CC1(C)c2ccccc2-c2ccc(-n3c(-c4ccc(-c5cc6ccccc6c6ccccc56)cc4)cc4c3cc(-c3ccc(-c5cc6ccccc6c6ccccc56)cc3)n4-c3ccc4c(c3)C(C)(C)c3ccccc3-4)cc21. The first-order valence-corrected chi connectivity index (χ1v) is 27.5. The lowest BCUT2D eigenvalue weighted by atomic mass is 9.82. The Morgan fingerprint density at radius 3 is 1.00 bits per heavy atom. The van der Waals surface area contributed by atoms with Gasteiger partial charge in [-0.2, -0.15) is 0 Å². The van der Waals surface area contributed by atoms with Crippen LogP contribution in [0.25, 0.3) is 133 Å². The molecule has 0 saturated heterocycles. The monoisotopic (exact) mass is 994 g/mol. The molecule has 0 fully saturated rings. The summed E-state index contributed by atoms with van der Waals surface area (Å²) in [5, 5.41) is 10.1. The summed E-state index contributed by atoms with van der Waals surface area (Å²) in [5.74, 6) is 0. The minimum absolute atomic E-state index is 0.164. The maximum atomic E-state index is 2.54. The number of aromatic nitrogens is 2. The van der Waals surface area contributed by atoms with Gasteiger partial charge in [0.15, 0.2) is 0 Å². The van der Waals surface area contributed by atoms with Gasteiger partial charge in [-0.05, 0) is 170 Å². The van der Waals surface area contributed by atoms with Crippen molar-refractivity contribution in [3.63, 3.8) is 0 Å². The molecule has 2 heterocycles. The zero-order valence-electron chi connectivity index (χ0n) is 44.1. The van der Waals surface area contributed by atoms with E-state index in [1.807, 2.05) is 0 Å².